The lowest BCUT2D eigenvalue weighted by Crippen LogP contribution is -2.49. The molecule has 49 heavy (non-hydrogen) atoms. The standard InChI is InChI=1S/C33H47BrN6O9/c1-31(2,3)47-28(43)38-22(12-11-15-36-27(35)39-29(44)48-32(4,5)6)25(41)37-23(26(42)46-10)16-19-18-40(30(45)49-33(7,8)9)24-17-20(34)13-14-21(19)24/h13-14,16-18,22H,11-12,15H2,1-10H3,(H,37,41)(H,38,43)(H3,35,36,39,44)/b23-16-/t22-/m0/s1. The van der Waals surface area contributed by atoms with Gasteiger partial charge >= 0.3 is 24.2 Å². The molecule has 1 aromatic carbocycles. The lowest BCUT2D eigenvalue weighted by atomic mass is 10.1. The fourth-order valence-electron chi connectivity index (χ4n) is 4.12. The van der Waals surface area contributed by atoms with Crippen LogP contribution in [0.3, 0.4) is 0 Å². The second kappa shape index (κ2) is 16.7. The number of guanidine groups is 1. The minimum Gasteiger partial charge on any atom is -0.464 e. The number of hydrogen-bond acceptors (Lipinski definition) is 10. The van der Waals surface area contributed by atoms with Crippen LogP contribution in [0.25, 0.3) is 17.0 Å². The number of aromatic nitrogens is 1. The van der Waals surface area contributed by atoms with Crippen molar-refractivity contribution in [3.8, 4) is 0 Å². The molecule has 0 saturated heterocycles. The van der Waals surface area contributed by atoms with Gasteiger partial charge in [0, 0.05) is 28.2 Å². The van der Waals surface area contributed by atoms with Gasteiger partial charge in [-0.2, -0.15) is 0 Å². The third kappa shape index (κ3) is 14.2. The highest BCUT2D eigenvalue weighted by molar-refractivity contribution is 9.10. The number of carbonyl (C=O) groups is 5. The molecule has 1 aromatic heterocycles. The maximum absolute atomic E-state index is 13.6. The molecule has 0 radical (unpaired) electrons. The second-order valence-corrected chi connectivity index (χ2v) is 14.8. The van der Waals surface area contributed by atoms with Gasteiger partial charge in [0.25, 0.3) is 0 Å². The highest BCUT2D eigenvalue weighted by atomic mass is 79.9. The molecule has 0 bridgehead atoms. The van der Waals surface area contributed by atoms with Crippen LogP contribution >= 0.6 is 15.9 Å². The van der Waals surface area contributed by atoms with Crippen LogP contribution in [0, 0.1) is 5.41 Å². The van der Waals surface area contributed by atoms with Gasteiger partial charge in [-0.25, -0.2) is 19.2 Å². The number of nitrogens with one attached hydrogen (secondary N) is 5. The van der Waals surface area contributed by atoms with Crippen LogP contribution < -0.4 is 21.3 Å². The van der Waals surface area contributed by atoms with Gasteiger partial charge in [-0.3, -0.25) is 20.1 Å². The molecular formula is C33H47BrN6O9. The topological polar surface area (TPSA) is 199 Å². The summed E-state index contributed by atoms with van der Waals surface area (Å²) in [4.78, 5) is 64.2. The maximum atomic E-state index is 13.6. The average Bonchev–Trinajstić information content (AvgIpc) is 3.28. The van der Waals surface area contributed by atoms with Crippen molar-refractivity contribution in [3.05, 3.63) is 40.1 Å². The molecule has 0 saturated carbocycles. The van der Waals surface area contributed by atoms with Crippen LogP contribution in [0.2, 0.25) is 0 Å². The Labute approximate surface area is 294 Å². The number of esters is 1. The highest BCUT2D eigenvalue weighted by Crippen LogP contribution is 2.28. The van der Waals surface area contributed by atoms with Gasteiger partial charge in [0.1, 0.15) is 28.5 Å². The molecular weight excluding hydrogens is 704 g/mol. The summed E-state index contributed by atoms with van der Waals surface area (Å²) >= 11 is 3.42. The molecule has 0 fully saturated rings. The number of rotatable bonds is 9. The molecule has 0 aliphatic heterocycles. The molecule has 270 valence electrons. The number of benzene rings is 1. The van der Waals surface area contributed by atoms with E-state index in [0.717, 1.165) is 7.11 Å². The minimum atomic E-state index is -1.20. The molecule has 0 unspecified atom stereocenters. The number of fused-ring (bicyclic) bond motifs is 1. The summed E-state index contributed by atoms with van der Waals surface area (Å²) in [5.41, 5.74) is -1.77. The van der Waals surface area contributed by atoms with E-state index in [0.29, 0.717) is 20.9 Å². The smallest absolute Gasteiger partial charge is 0.419 e. The molecule has 5 N–H and O–H groups in total. The lowest BCUT2D eigenvalue weighted by Gasteiger charge is -2.23. The molecule has 0 aliphatic carbocycles. The number of alkyl carbamates (subject to hydrolysis) is 2. The monoisotopic (exact) mass is 750 g/mol. The van der Waals surface area contributed by atoms with Crippen molar-refractivity contribution in [2.45, 2.75) is 98.0 Å². The first kappa shape index (κ1) is 40.6. The Bertz CT molecular complexity index is 1600. The van der Waals surface area contributed by atoms with Crippen molar-refractivity contribution in [2.75, 3.05) is 13.7 Å². The van der Waals surface area contributed by atoms with Crippen molar-refractivity contribution in [1.82, 2.24) is 25.8 Å². The Morgan fingerprint density at radius 3 is 2.06 bits per heavy atom. The van der Waals surface area contributed by atoms with Gasteiger partial charge < -0.3 is 34.9 Å². The minimum absolute atomic E-state index is 0.0399. The number of halogens is 1. The summed E-state index contributed by atoms with van der Waals surface area (Å²) in [7, 11) is 1.14. The third-order valence-electron chi connectivity index (χ3n) is 5.96. The number of methoxy groups -OCH3 is 1. The van der Waals surface area contributed by atoms with E-state index >= 15 is 0 Å². The van der Waals surface area contributed by atoms with Crippen LogP contribution in [-0.2, 0) is 28.5 Å². The van der Waals surface area contributed by atoms with Crippen molar-refractivity contribution in [3.63, 3.8) is 0 Å². The summed E-state index contributed by atoms with van der Waals surface area (Å²) in [5, 5.41) is 18.5. The van der Waals surface area contributed by atoms with E-state index in [1.54, 1.807) is 80.5 Å². The Balaban J connectivity index is 2.35. The van der Waals surface area contributed by atoms with E-state index in [1.165, 1.54) is 16.8 Å². The third-order valence-corrected chi connectivity index (χ3v) is 6.45. The fourth-order valence-corrected chi connectivity index (χ4v) is 4.47. The zero-order valence-electron chi connectivity index (χ0n) is 29.6. The van der Waals surface area contributed by atoms with E-state index in [-0.39, 0.29) is 31.0 Å². The quantitative estimate of drug-likeness (QED) is 0.0542. The van der Waals surface area contributed by atoms with Gasteiger partial charge in [0.15, 0.2) is 5.96 Å². The first-order valence-electron chi connectivity index (χ1n) is 15.4. The zero-order valence-corrected chi connectivity index (χ0v) is 31.2. The van der Waals surface area contributed by atoms with E-state index in [2.05, 4.69) is 37.2 Å². The van der Waals surface area contributed by atoms with Crippen molar-refractivity contribution >= 4 is 69.0 Å². The first-order valence-corrected chi connectivity index (χ1v) is 16.2. The first-order chi connectivity index (χ1) is 22.5. The SMILES string of the molecule is COC(=O)/C(=C/c1cn(C(=O)OC(C)(C)C)c2cc(Br)ccc12)NC(=O)[C@H](CCCNC(=N)NC(=O)OC(C)(C)C)NC(=O)OC(C)(C)C. The molecule has 0 spiro atoms. The number of carbonyl (C=O) groups excluding carboxylic acids is 5. The van der Waals surface area contributed by atoms with Crippen LogP contribution in [0.1, 0.15) is 80.7 Å². The van der Waals surface area contributed by atoms with Crippen molar-refractivity contribution < 1.29 is 42.9 Å². The Hall–Kier alpha value is -4.60. The molecule has 16 heteroatoms. The van der Waals surface area contributed by atoms with Crippen LogP contribution in [-0.4, -0.2) is 77.2 Å². The highest BCUT2D eigenvalue weighted by Gasteiger charge is 2.27. The molecule has 2 aromatic rings. The van der Waals surface area contributed by atoms with E-state index in [4.69, 9.17) is 24.4 Å². The van der Waals surface area contributed by atoms with Gasteiger partial charge in [0.05, 0.1) is 12.6 Å². The summed E-state index contributed by atoms with van der Waals surface area (Å²) in [5.74, 6) is -1.96. The zero-order chi connectivity index (χ0) is 37.3. The van der Waals surface area contributed by atoms with Gasteiger partial charge in [-0.1, -0.05) is 22.0 Å². The summed E-state index contributed by atoms with van der Waals surface area (Å²) in [6, 6.07) is 4.01. The lowest BCUT2D eigenvalue weighted by molar-refractivity contribution is -0.137. The predicted molar refractivity (Wildman–Crippen MR) is 187 cm³/mol. The van der Waals surface area contributed by atoms with Crippen molar-refractivity contribution in [1.29, 1.82) is 5.41 Å². The Morgan fingerprint density at radius 1 is 0.898 bits per heavy atom. The number of nitrogens with zero attached hydrogens (tertiary/aromatic N) is 1. The number of hydrogen-bond donors (Lipinski definition) is 5. The van der Waals surface area contributed by atoms with E-state index in [1.807, 2.05) is 0 Å². The molecule has 1 atom stereocenters. The average molecular weight is 752 g/mol. The summed E-state index contributed by atoms with van der Waals surface area (Å²) < 4.78 is 22.9. The molecule has 3 amide bonds. The molecule has 15 nitrogen and oxygen atoms in total. The normalized spacial score (nSPS) is 12.8. The van der Waals surface area contributed by atoms with Gasteiger partial charge in [-0.05, 0) is 93.4 Å². The van der Waals surface area contributed by atoms with Gasteiger partial charge in [0.2, 0.25) is 5.91 Å². The summed E-state index contributed by atoms with van der Waals surface area (Å²) in [6.07, 6.45) is 0.787. The van der Waals surface area contributed by atoms with E-state index in [9.17, 15) is 24.0 Å². The van der Waals surface area contributed by atoms with Crippen LogP contribution in [0.5, 0.6) is 0 Å². The van der Waals surface area contributed by atoms with Crippen LogP contribution in [0.4, 0.5) is 14.4 Å². The van der Waals surface area contributed by atoms with Crippen molar-refractivity contribution in [2.24, 2.45) is 0 Å². The predicted octanol–water partition coefficient (Wildman–Crippen LogP) is 5.54. The van der Waals surface area contributed by atoms with E-state index < -0.39 is 53.0 Å². The fraction of sp³-hybridized carbons (Fsp3) is 0.515. The molecule has 1 heterocycles. The van der Waals surface area contributed by atoms with Crippen LogP contribution in [0.15, 0.2) is 34.6 Å². The maximum Gasteiger partial charge on any atom is 0.419 e. The Morgan fingerprint density at radius 2 is 1.49 bits per heavy atom. The largest absolute Gasteiger partial charge is 0.464 e. The summed E-state index contributed by atoms with van der Waals surface area (Å²) in [6.45, 7) is 15.4. The molecule has 0 aliphatic rings. The number of ether oxygens (including phenoxy) is 4. The number of amides is 3. The van der Waals surface area contributed by atoms with Gasteiger partial charge in [-0.15, -0.1) is 0 Å². The molecule has 2 rings (SSSR count). The Kier molecular flexibility index (Phi) is 13.8. The second-order valence-electron chi connectivity index (χ2n) is 13.9.